The fourth-order valence-corrected chi connectivity index (χ4v) is 1.33. The number of rotatable bonds is 2. The van der Waals surface area contributed by atoms with Crippen LogP contribution in [0.1, 0.15) is 10.5 Å². The molecule has 0 N–H and O–H groups in total. The van der Waals surface area contributed by atoms with Gasteiger partial charge in [-0.15, -0.1) is 0 Å². The minimum Gasteiger partial charge on any atom is -0.309 e. The molecule has 16 heavy (non-hydrogen) atoms. The largest absolute Gasteiger partial charge is 0.309 e. The molecule has 0 atom stereocenters. The Kier molecular flexibility index (Phi) is 2.91. The van der Waals surface area contributed by atoms with Gasteiger partial charge in [0.05, 0.1) is 11.9 Å². The number of aromatic nitrogens is 2. The molecule has 2 heterocycles. The zero-order valence-corrected chi connectivity index (χ0v) is 8.87. The standard InChI is InChI=1S/C12H11N3O/c1-15(10-5-4-7-13-9-10)12(16)11-6-2-3-8-14-11/h2-9H,1H3. The normalized spacial score (nSPS) is 9.81. The predicted molar refractivity (Wildman–Crippen MR) is 61.2 cm³/mol. The predicted octanol–water partition coefficient (Wildman–Crippen LogP) is 1.75. The maximum absolute atomic E-state index is 12.0. The Morgan fingerprint density at radius 3 is 2.69 bits per heavy atom. The molecule has 0 spiro atoms. The highest BCUT2D eigenvalue weighted by molar-refractivity contribution is 6.04. The topological polar surface area (TPSA) is 46.1 Å². The first-order valence-electron chi connectivity index (χ1n) is 4.88. The van der Waals surface area contributed by atoms with Crippen molar-refractivity contribution in [1.29, 1.82) is 0 Å². The van der Waals surface area contributed by atoms with Crippen molar-refractivity contribution in [3.05, 3.63) is 54.6 Å². The molecule has 0 saturated carbocycles. The molecule has 4 nitrogen and oxygen atoms in total. The average molecular weight is 213 g/mol. The molecule has 0 aromatic carbocycles. The summed E-state index contributed by atoms with van der Waals surface area (Å²) >= 11 is 0. The van der Waals surface area contributed by atoms with E-state index in [9.17, 15) is 4.79 Å². The quantitative estimate of drug-likeness (QED) is 0.763. The Morgan fingerprint density at radius 2 is 2.06 bits per heavy atom. The first-order chi connectivity index (χ1) is 7.79. The molecule has 0 saturated heterocycles. The molecule has 0 radical (unpaired) electrons. The number of hydrogen-bond donors (Lipinski definition) is 0. The van der Waals surface area contributed by atoms with Crippen LogP contribution in [0.2, 0.25) is 0 Å². The van der Waals surface area contributed by atoms with Gasteiger partial charge >= 0.3 is 0 Å². The number of carbonyl (C=O) groups excluding carboxylic acids is 1. The Balaban J connectivity index is 2.24. The van der Waals surface area contributed by atoms with Crippen LogP contribution in [0.5, 0.6) is 0 Å². The third-order valence-electron chi connectivity index (χ3n) is 2.22. The van der Waals surface area contributed by atoms with Crippen molar-refractivity contribution in [3.63, 3.8) is 0 Å². The van der Waals surface area contributed by atoms with E-state index in [4.69, 9.17) is 0 Å². The minimum atomic E-state index is -0.145. The van der Waals surface area contributed by atoms with Gasteiger partial charge in [-0.05, 0) is 24.3 Å². The average Bonchev–Trinajstić information content (AvgIpc) is 2.39. The van der Waals surface area contributed by atoms with Crippen LogP contribution in [0.25, 0.3) is 0 Å². The van der Waals surface area contributed by atoms with Crippen LogP contribution in [0.4, 0.5) is 5.69 Å². The summed E-state index contributed by atoms with van der Waals surface area (Å²) in [6.07, 6.45) is 4.91. The summed E-state index contributed by atoms with van der Waals surface area (Å²) in [7, 11) is 1.70. The summed E-state index contributed by atoms with van der Waals surface area (Å²) in [5.74, 6) is -0.145. The van der Waals surface area contributed by atoms with Gasteiger partial charge in [0, 0.05) is 19.4 Å². The van der Waals surface area contributed by atoms with Gasteiger partial charge in [-0.1, -0.05) is 6.07 Å². The number of hydrogen-bond acceptors (Lipinski definition) is 3. The highest BCUT2D eigenvalue weighted by atomic mass is 16.2. The molecule has 0 aliphatic carbocycles. The summed E-state index contributed by atoms with van der Waals surface area (Å²) in [6.45, 7) is 0. The monoisotopic (exact) mass is 213 g/mol. The van der Waals surface area contributed by atoms with Crippen LogP contribution in [0, 0.1) is 0 Å². The van der Waals surface area contributed by atoms with E-state index in [1.54, 1.807) is 49.9 Å². The zero-order chi connectivity index (χ0) is 11.4. The highest BCUT2D eigenvalue weighted by Gasteiger charge is 2.13. The van der Waals surface area contributed by atoms with Gasteiger partial charge < -0.3 is 4.90 Å². The molecule has 80 valence electrons. The Bertz CT molecular complexity index is 470. The van der Waals surface area contributed by atoms with Crippen molar-refractivity contribution in [2.45, 2.75) is 0 Å². The van der Waals surface area contributed by atoms with E-state index in [0.717, 1.165) is 5.69 Å². The van der Waals surface area contributed by atoms with Crippen molar-refractivity contribution in [3.8, 4) is 0 Å². The lowest BCUT2D eigenvalue weighted by Crippen LogP contribution is -2.26. The lowest BCUT2D eigenvalue weighted by atomic mass is 10.3. The third kappa shape index (κ3) is 2.06. The van der Waals surface area contributed by atoms with Crippen LogP contribution < -0.4 is 4.90 Å². The van der Waals surface area contributed by atoms with Gasteiger partial charge in [-0.3, -0.25) is 14.8 Å². The lowest BCUT2D eigenvalue weighted by molar-refractivity contribution is 0.0988. The van der Waals surface area contributed by atoms with E-state index in [0.29, 0.717) is 5.69 Å². The number of nitrogens with zero attached hydrogens (tertiary/aromatic N) is 3. The first-order valence-corrected chi connectivity index (χ1v) is 4.88. The van der Waals surface area contributed by atoms with E-state index < -0.39 is 0 Å². The Hall–Kier alpha value is -2.23. The second-order valence-electron chi connectivity index (χ2n) is 3.29. The van der Waals surface area contributed by atoms with E-state index in [1.807, 2.05) is 6.07 Å². The van der Waals surface area contributed by atoms with Crippen molar-refractivity contribution in [2.24, 2.45) is 0 Å². The van der Waals surface area contributed by atoms with Gasteiger partial charge in [0.15, 0.2) is 0 Å². The molecule has 0 aliphatic heterocycles. The lowest BCUT2D eigenvalue weighted by Gasteiger charge is -2.15. The van der Waals surface area contributed by atoms with Crippen LogP contribution in [0.15, 0.2) is 48.9 Å². The first kappa shape index (κ1) is 10.3. The summed E-state index contributed by atoms with van der Waals surface area (Å²) in [5, 5.41) is 0. The zero-order valence-electron chi connectivity index (χ0n) is 8.87. The van der Waals surface area contributed by atoms with Gasteiger partial charge in [0.25, 0.3) is 5.91 Å². The van der Waals surface area contributed by atoms with Gasteiger partial charge in [-0.2, -0.15) is 0 Å². The van der Waals surface area contributed by atoms with Crippen LogP contribution in [-0.2, 0) is 0 Å². The molecular formula is C12H11N3O. The summed E-state index contributed by atoms with van der Waals surface area (Å²) in [6, 6.07) is 8.87. The summed E-state index contributed by atoms with van der Waals surface area (Å²) < 4.78 is 0. The van der Waals surface area contributed by atoms with Crippen molar-refractivity contribution in [1.82, 2.24) is 9.97 Å². The fraction of sp³-hybridized carbons (Fsp3) is 0.0833. The Labute approximate surface area is 93.6 Å². The van der Waals surface area contributed by atoms with E-state index >= 15 is 0 Å². The maximum Gasteiger partial charge on any atom is 0.276 e. The van der Waals surface area contributed by atoms with Crippen LogP contribution >= 0.6 is 0 Å². The fourth-order valence-electron chi connectivity index (χ4n) is 1.33. The van der Waals surface area contributed by atoms with Crippen molar-refractivity contribution in [2.75, 3.05) is 11.9 Å². The smallest absolute Gasteiger partial charge is 0.276 e. The second kappa shape index (κ2) is 4.53. The van der Waals surface area contributed by atoms with Crippen LogP contribution in [0.3, 0.4) is 0 Å². The molecule has 4 heteroatoms. The summed E-state index contributed by atoms with van der Waals surface area (Å²) in [4.78, 5) is 21.5. The summed E-state index contributed by atoms with van der Waals surface area (Å²) in [5.41, 5.74) is 1.17. The number of carbonyl (C=O) groups is 1. The number of pyridine rings is 2. The van der Waals surface area contributed by atoms with E-state index in [-0.39, 0.29) is 5.91 Å². The molecule has 2 rings (SSSR count). The number of amides is 1. The molecule has 1 amide bonds. The SMILES string of the molecule is CN(C(=O)c1ccccn1)c1cccnc1. The Morgan fingerprint density at radius 1 is 1.19 bits per heavy atom. The van der Waals surface area contributed by atoms with Crippen molar-refractivity contribution >= 4 is 11.6 Å². The maximum atomic E-state index is 12.0. The molecule has 0 bridgehead atoms. The third-order valence-corrected chi connectivity index (χ3v) is 2.22. The molecule has 2 aromatic heterocycles. The van der Waals surface area contributed by atoms with Gasteiger partial charge in [0.2, 0.25) is 0 Å². The molecule has 0 fully saturated rings. The minimum absolute atomic E-state index is 0.145. The molecule has 0 aliphatic rings. The second-order valence-corrected chi connectivity index (χ2v) is 3.29. The van der Waals surface area contributed by atoms with Crippen molar-refractivity contribution < 1.29 is 4.79 Å². The van der Waals surface area contributed by atoms with Gasteiger partial charge in [0.1, 0.15) is 5.69 Å². The number of anilines is 1. The van der Waals surface area contributed by atoms with Crippen LogP contribution in [-0.4, -0.2) is 22.9 Å². The van der Waals surface area contributed by atoms with E-state index in [2.05, 4.69) is 9.97 Å². The molecule has 2 aromatic rings. The molecular weight excluding hydrogens is 202 g/mol. The van der Waals surface area contributed by atoms with E-state index in [1.165, 1.54) is 4.90 Å². The highest BCUT2D eigenvalue weighted by Crippen LogP contribution is 2.11. The van der Waals surface area contributed by atoms with Gasteiger partial charge in [-0.25, -0.2) is 0 Å². The molecule has 0 unspecified atom stereocenters.